The zero-order chi connectivity index (χ0) is 6.28. The van der Waals surface area contributed by atoms with Gasteiger partial charge in [-0.25, -0.2) is 0 Å². The van der Waals surface area contributed by atoms with Gasteiger partial charge in [-0.15, -0.1) is 0 Å². The minimum atomic E-state index is -5.09. The molecule has 0 bridgehead atoms. The molecule has 0 aliphatic rings. The van der Waals surface area contributed by atoms with E-state index in [1.54, 1.807) is 6.92 Å². The topological polar surface area (TPSA) is 20.2 Å². The van der Waals surface area contributed by atoms with Gasteiger partial charge >= 0.3 is 31.5 Å². The zero-order valence-corrected chi connectivity index (χ0v) is 7.21. The first-order valence-corrected chi connectivity index (χ1v) is 5.47. The van der Waals surface area contributed by atoms with Crippen LogP contribution in [0.3, 0.4) is 0 Å². The number of aliphatic hydroxyl groups is 1. The molecule has 0 atom stereocenters. The Bertz CT molecular complexity index is 24.1. The fraction of sp³-hybridized carbons (Fsp3) is 1.00. The van der Waals surface area contributed by atoms with Crippen molar-refractivity contribution in [2.24, 2.45) is 0 Å². The van der Waals surface area contributed by atoms with Crippen LogP contribution in [-0.2, 0) is 0 Å². The molecule has 0 aliphatic heterocycles. The second-order valence-corrected chi connectivity index (χ2v) is 2.00. The van der Waals surface area contributed by atoms with Gasteiger partial charge in [-0.05, 0) is 6.92 Å². The molecule has 0 amide bonds. The van der Waals surface area contributed by atoms with Crippen molar-refractivity contribution in [2.75, 3.05) is 6.61 Å². The van der Waals surface area contributed by atoms with Crippen LogP contribution in [0, 0.1) is 0 Å². The zero-order valence-electron chi connectivity index (χ0n) is 3.74. The van der Waals surface area contributed by atoms with Crippen molar-refractivity contribution in [3.63, 3.8) is 0 Å². The number of aliphatic hydroxyl groups excluding tert-OH is 1. The minimum absolute atomic E-state index is 0.250. The van der Waals surface area contributed by atoms with Crippen molar-refractivity contribution >= 4 is 23.6 Å². The van der Waals surface area contributed by atoms with E-state index in [0.29, 0.717) is 0 Å². The molecule has 0 aromatic heterocycles. The van der Waals surface area contributed by atoms with Crippen LogP contribution in [0.15, 0.2) is 0 Å². The molecule has 0 radical (unpaired) electrons. The summed E-state index contributed by atoms with van der Waals surface area (Å²) in [6, 6.07) is 0. The molecule has 0 heterocycles. The Kier molecular flexibility index (Phi) is 14.8. The Morgan fingerprint density at radius 3 is 1.43 bits per heavy atom. The van der Waals surface area contributed by atoms with Gasteiger partial charge < -0.3 is 5.11 Å². The van der Waals surface area contributed by atoms with Crippen LogP contribution in [0.2, 0.25) is 0 Å². The molecule has 5 heteroatoms. The van der Waals surface area contributed by atoms with Gasteiger partial charge in [-0.1, -0.05) is 0 Å². The summed E-state index contributed by atoms with van der Waals surface area (Å²) >= 11 is -5.09. The molecule has 1 nitrogen and oxygen atoms in total. The molecule has 0 spiro atoms. The van der Waals surface area contributed by atoms with Crippen molar-refractivity contribution < 1.29 is 13.0 Å². The molecule has 0 unspecified atom stereocenters. The standard InChI is InChI=1S/C2H6O.Bi.3FH/c1-2-3;;;;/h3H,2H2,1H3;;3*1H/q;+3;;;/p-3. The fourth-order valence-electron chi connectivity index (χ4n) is 0. The molecule has 0 saturated heterocycles. The summed E-state index contributed by atoms with van der Waals surface area (Å²) < 4.78 is 29.6. The van der Waals surface area contributed by atoms with Crippen LogP contribution in [0.5, 0.6) is 0 Å². The Balaban J connectivity index is 0. The van der Waals surface area contributed by atoms with Gasteiger partial charge in [-0.3, -0.25) is 0 Å². The van der Waals surface area contributed by atoms with E-state index in [1.165, 1.54) is 0 Å². The summed E-state index contributed by atoms with van der Waals surface area (Å²) in [6.45, 7) is 1.93. The third-order valence-electron chi connectivity index (χ3n) is 0. The van der Waals surface area contributed by atoms with E-state index >= 15 is 0 Å². The summed E-state index contributed by atoms with van der Waals surface area (Å²) in [6.07, 6.45) is 0. The maximum absolute atomic E-state index is 9.87. The predicted molar refractivity (Wildman–Crippen MR) is 21.8 cm³/mol. The van der Waals surface area contributed by atoms with Gasteiger partial charge in [0.25, 0.3) is 0 Å². The molecule has 0 aromatic rings. The monoisotopic (exact) mass is 312 g/mol. The quantitative estimate of drug-likeness (QED) is 0.659. The van der Waals surface area contributed by atoms with Crippen LogP contribution < -0.4 is 0 Å². The molecule has 0 saturated carbocycles. The van der Waals surface area contributed by atoms with E-state index in [4.69, 9.17) is 5.11 Å². The van der Waals surface area contributed by atoms with E-state index in [2.05, 4.69) is 0 Å². The van der Waals surface area contributed by atoms with Gasteiger partial charge in [0.2, 0.25) is 0 Å². The normalized spacial score (nSPS) is 7.71. The third kappa shape index (κ3) is 355. The van der Waals surface area contributed by atoms with E-state index in [0.717, 1.165) is 0 Å². The third-order valence-corrected chi connectivity index (χ3v) is 0. The summed E-state index contributed by atoms with van der Waals surface area (Å²) in [5.74, 6) is 0. The second kappa shape index (κ2) is 9.81. The first-order chi connectivity index (χ1) is 3.15. The average molecular weight is 312 g/mol. The van der Waals surface area contributed by atoms with E-state index in [-0.39, 0.29) is 6.61 Å². The Labute approximate surface area is 50.5 Å². The average Bonchev–Trinajstić information content (AvgIpc) is 1.33. The van der Waals surface area contributed by atoms with Gasteiger partial charge in [0.05, 0.1) is 0 Å². The van der Waals surface area contributed by atoms with Gasteiger partial charge in [-0.2, -0.15) is 0 Å². The van der Waals surface area contributed by atoms with Crippen LogP contribution in [0.1, 0.15) is 6.92 Å². The Hall–Kier alpha value is 0.633. The molecular formula is C2H6BiF3O. The van der Waals surface area contributed by atoms with Gasteiger partial charge in [0, 0.05) is 6.61 Å². The predicted octanol–water partition coefficient (Wildman–Crippen LogP) is 0.878. The van der Waals surface area contributed by atoms with Crippen LogP contribution in [0.4, 0.5) is 7.88 Å². The van der Waals surface area contributed by atoms with Crippen molar-refractivity contribution in [1.82, 2.24) is 0 Å². The van der Waals surface area contributed by atoms with Gasteiger partial charge in [0.15, 0.2) is 0 Å². The SMILES string of the molecule is CCO.[F][Bi]([F])[F]. The first-order valence-electron chi connectivity index (χ1n) is 1.53. The van der Waals surface area contributed by atoms with E-state index < -0.39 is 23.6 Å². The maximum atomic E-state index is 9.87. The second-order valence-electron chi connectivity index (χ2n) is 0.508. The van der Waals surface area contributed by atoms with Crippen molar-refractivity contribution in [2.45, 2.75) is 6.92 Å². The van der Waals surface area contributed by atoms with E-state index in [9.17, 15) is 7.88 Å². The van der Waals surface area contributed by atoms with Crippen molar-refractivity contribution in [3.05, 3.63) is 0 Å². The Morgan fingerprint density at radius 1 is 1.43 bits per heavy atom. The molecule has 0 rings (SSSR count). The molecule has 1 N–H and O–H groups in total. The van der Waals surface area contributed by atoms with Gasteiger partial charge in [0.1, 0.15) is 0 Å². The molecule has 46 valence electrons. The number of halogens is 3. The van der Waals surface area contributed by atoms with E-state index in [1.807, 2.05) is 0 Å². The summed E-state index contributed by atoms with van der Waals surface area (Å²) in [4.78, 5) is 0. The fourth-order valence-corrected chi connectivity index (χ4v) is 0. The van der Waals surface area contributed by atoms with Crippen LogP contribution in [0.25, 0.3) is 0 Å². The van der Waals surface area contributed by atoms with Crippen molar-refractivity contribution in [1.29, 1.82) is 0 Å². The molecule has 0 aliphatic carbocycles. The first kappa shape index (κ1) is 10.6. The van der Waals surface area contributed by atoms with Crippen LogP contribution in [-0.4, -0.2) is 35.3 Å². The molecule has 0 aromatic carbocycles. The summed E-state index contributed by atoms with van der Waals surface area (Å²) in [5.41, 5.74) is 0. The molecule has 7 heavy (non-hydrogen) atoms. The number of hydrogen-bond donors (Lipinski definition) is 1. The number of hydrogen-bond acceptors (Lipinski definition) is 1. The Morgan fingerprint density at radius 2 is 1.43 bits per heavy atom. The van der Waals surface area contributed by atoms with Crippen molar-refractivity contribution in [3.8, 4) is 0 Å². The summed E-state index contributed by atoms with van der Waals surface area (Å²) in [5, 5.41) is 7.57. The molecule has 0 fully saturated rings. The van der Waals surface area contributed by atoms with Crippen LogP contribution >= 0.6 is 0 Å². The number of rotatable bonds is 0. The molecular weight excluding hydrogens is 306 g/mol. The summed E-state index contributed by atoms with van der Waals surface area (Å²) in [7, 11) is 0.